The van der Waals surface area contributed by atoms with Crippen molar-refractivity contribution in [1.82, 2.24) is 19.8 Å². The number of amides is 2. The first kappa shape index (κ1) is 30.8. The van der Waals surface area contributed by atoms with Gasteiger partial charge in [-0.2, -0.15) is 0 Å². The molecule has 1 saturated heterocycles. The number of imidazole rings is 1. The average Bonchev–Trinajstić information content (AvgIpc) is 3.41. The van der Waals surface area contributed by atoms with Crippen LogP contribution in [0.4, 0.5) is 0 Å². The molecule has 41 heavy (non-hydrogen) atoms. The van der Waals surface area contributed by atoms with Crippen molar-refractivity contribution in [3.05, 3.63) is 81.2 Å². The van der Waals surface area contributed by atoms with Crippen LogP contribution >= 0.6 is 46.6 Å². The zero-order valence-corrected chi connectivity index (χ0v) is 25.0. The molecular formula is C28H27Cl3N4O5S. The second-order valence-corrected chi connectivity index (χ2v) is 11.2. The number of likely N-dealkylation sites (tertiary alicyclic amines) is 1. The van der Waals surface area contributed by atoms with Crippen LogP contribution in [-0.4, -0.2) is 62.9 Å². The molecule has 0 aliphatic carbocycles. The number of halogens is 3. The minimum absolute atomic E-state index is 0.0430. The van der Waals surface area contributed by atoms with Gasteiger partial charge in [-0.15, -0.1) is 11.8 Å². The Labute approximate surface area is 256 Å². The summed E-state index contributed by atoms with van der Waals surface area (Å²) in [7, 11) is 0. The quantitative estimate of drug-likeness (QED) is 0.172. The van der Waals surface area contributed by atoms with Gasteiger partial charge in [0.25, 0.3) is 6.23 Å². The summed E-state index contributed by atoms with van der Waals surface area (Å²) in [6.07, 6.45) is 7.08. The highest BCUT2D eigenvalue weighted by Gasteiger charge is 2.31. The maximum absolute atomic E-state index is 12.9. The van der Waals surface area contributed by atoms with E-state index in [0.717, 1.165) is 10.5 Å². The maximum atomic E-state index is 12.9. The lowest BCUT2D eigenvalue weighted by atomic mass is 9.95. The summed E-state index contributed by atoms with van der Waals surface area (Å²) >= 11 is 20.3. The van der Waals surface area contributed by atoms with Crippen molar-refractivity contribution in [2.75, 3.05) is 19.3 Å². The number of ether oxygens (including phenoxy) is 1. The lowest BCUT2D eigenvalue weighted by Crippen LogP contribution is -2.49. The van der Waals surface area contributed by atoms with Crippen LogP contribution in [-0.2, 0) is 20.9 Å². The molecule has 2 N–H and O–H groups in total. The molecule has 1 atom stereocenters. The SMILES string of the molecule is CSc1ccc(/C=C/C(=O)N2CCC(C(=O)NC(Oc3cn(Cc4ccccc4Cl)cn3)C(=O)O)CC2)c(Cl)c1Cl. The van der Waals surface area contributed by atoms with Crippen LogP contribution in [0.3, 0.4) is 0 Å². The lowest BCUT2D eigenvalue weighted by molar-refractivity contribution is -0.150. The Morgan fingerprint density at radius 1 is 1.15 bits per heavy atom. The number of aromatic nitrogens is 2. The Morgan fingerprint density at radius 2 is 1.88 bits per heavy atom. The molecule has 9 nitrogen and oxygen atoms in total. The summed E-state index contributed by atoms with van der Waals surface area (Å²) in [4.78, 5) is 43.9. The van der Waals surface area contributed by atoms with Gasteiger partial charge in [0.05, 0.1) is 29.1 Å². The number of hydrogen-bond acceptors (Lipinski definition) is 6. The summed E-state index contributed by atoms with van der Waals surface area (Å²) < 4.78 is 7.16. The number of carbonyl (C=O) groups is 3. The van der Waals surface area contributed by atoms with Gasteiger partial charge in [-0.3, -0.25) is 9.59 Å². The van der Waals surface area contributed by atoms with E-state index in [4.69, 9.17) is 39.5 Å². The number of piperidine rings is 1. The summed E-state index contributed by atoms with van der Waals surface area (Å²) in [5.41, 5.74) is 1.49. The van der Waals surface area contributed by atoms with Crippen LogP contribution in [0.15, 0.2) is 59.9 Å². The highest BCUT2D eigenvalue weighted by Crippen LogP contribution is 2.35. The molecule has 3 aromatic rings. The van der Waals surface area contributed by atoms with Gasteiger partial charge in [-0.25, -0.2) is 9.78 Å². The number of carbonyl (C=O) groups excluding carboxylic acids is 2. The molecule has 2 amide bonds. The van der Waals surface area contributed by atoms with E-state index in [2.05, 4.69) is 10.3 Å². The molecule has 0 bridgehead atoms. The van der Waals surface area contributed by atoms with Crippen molar-refractivity contribution in [3.63, 3.8) is 0 Å². The number of benzene rings is 2. The molecule has 1 unspecified atom stereocenters. The van der Waals surface area contributed by atoms with E-state index in [9.17, 15) is 19.5 Å². The second-order valence-electron chi connectivity index (χ2n) is 9.24. The summed E-state index contributed by atoms with van der Waals surface area (Å²) in [6, 6.07) is 11.0. The summed E-state index contributed by atoms with van der Waals surface area (Å²) in [6.45, 7) is 1.09. The number of carboxylic acid groups (broad SMARTS) is 1. The third kappa shape index (κ3) is 7.97. The zero-order valence-electron chi connectivity index (χ0n) is 21.9. The summed E-state index contributed by atoms with van der Waals surface area (Å²) in [5, 5.41) is 13.5. The van der Waals surface area contributed by atoms with Gasteiger partial charge in [0, 0.05) is 35.0 Å². The molecule has 1 aliphatic heterocycles. The summed E-state index contributed by atoms with van der Waals surface area (Å²) in [5.74, 6) is -2.48. The number of hydrogen-bond donors (Lipinski definition) is 2. The monoisotopic (exact) mass is 636 g/mol. The number of rotatable bonds is 10. The predicted molar refractivity (Wildman–Crippen MR) is 160 cm³/mol. The van der Waals surface area contributed by atoms with Crippen LogP contribution in [0.5, 0.6) is 5.88 Å². The van der Waals surface area contributed by atoms with Crippen molar-refractivity contribution < 1.29 is 24.2 Å². The van der Waals surface area contributed by atoms with Gasteiger partial charge in [0.2, 0.25) is 17.7 Å². The maximum Gasteiger partial charge on any atom is 0.366 e. The Morgan fingerprint density at radius 3 is 2.56 bits per heavy atom. The third-order valence-corrected chi connectivity index (χ3v) is 8.69. The van der Waals surface area contributed by atoms with Crippen LogP contribution < -0.4 is 10.1 Å². The van der Waals surface area contributed by atoms with Crippen molar-refractivity contribution in [2.45, 2.75) is 30.5 Å². The molecule has 216 valence electrons. The molecule has 13 heteroatoms. The molecule has 2 aromatic carbocycles. The fourth-order valence-electron chi connectivity index (χ4n) is 4.28. The zero-order chi connectivity index (χ0) is 29.5. The Kier molecular flexibility index (Phi) is 10.6. The van der Waals surface area contributed by atoms with E-state index < -0.39 is 24.0 Å². The van der Waals surface area contributed by atoms with Gasteiger partial charge in [0.15, 0.2) is 0 Å². The van der Waals surface area contributed by atoms with E-state index in [-0.39, 0.29) is 11.8 Å². The number of thioether (sulfide) groups is 1. The van der Waals surface area contributed by atoms with E-state index in [1.807, 2.05) is 30.5 Å². The fraction of sp³-hybridized carbons (Fsp3) is 0.286. The van der Waals surface area contributed by atoms with E-state index in [1.165, 1.54) is 30.4 Å². The standard InChI is InChI=1S/C28H27Cl3N4O5S/c1-41-21-8-6-17(24(30)25(21)31)7-9-23(36)35-12-10-18(11-13-35)26(37)33-27(28(38)39)40-22-15-34(16-32-22)14-19-4-2-3-5-20(19)29/h2-9,15-16,18,27H,10-14H2,1H3,(H,33,37)(H,38,39)/b9-7+. The molecule has 0 saturated carbocycles. The van der Waals surface area contributed by atoms with Crippen LogP contribution in [0.25, 0.3) is 6.08 Å². The van der Waals surface area contributed by atoms with Gasteiger partial charge in [-0.1, -0.05) is 59.1 Å². The first-order valence-corrected chi connectivity index (χ1v) is 15.0. The van der Waals surface area contributed by atoms with Crippen molar-refractivity contribution >= 4 is 70.4 Å². The number of aliphatic carboxylic acids is 1. The average molecular weight is 638 g/mol. The number of carboxylic acids is 1. The largest absolute Gasteiger partial charge is 0.477 e. The molecule has 1 fully saturated rings. The van der Waals surface area contributed by atoms with Crippen molar-refractivity contribution in [1.29, 1.82) is 0 Å². The minimum atomic E-state index is -1.62. The Bertz CT molecular complexity index is 1460. The minimum Gasteiger partial charge on any atom is -0.477 e. The molecule has 0 spiro atoms. The van der Waals surface area contributed by atoms with Crippen LogP contribution in [0.2, 0.25) is 15.1 Å². The second kappa shape index (κ2) is 14.1. The molecule has 2 heterocycles. The lowest BCUT2D eigenvalue weighted by Gasteiger charge is -2.31. The molecule has 1 aromatic heterocycles. The van der Waals surface area contributed by atoms with E-state index in [0.29, 0.717) is 53.1 Å². The highest BCUT2D eigenvalue weighted by molar-refractivity contribution is 7.98. The van der Waals surface area contributed by atoms with Crippen LogP contribution in [0.1, 0.15) is 24.0 Å². The first-order chi connectivity index (χ1) is 19.7. The van der Waals surface area contributed by atoms with E-state index >= 15 is 0 Å². The predicted octanol–water partition coefficient (Wildman–Crippen LogP) is 5.47. The third-order valence-electron chi connectivity index (χ3n) is 6.54. The molecule has 1 aliphatic rings. The van der Waals surface area contributed by atoms with Gasteiger partial charge in [-0.05, 0) is 48.4 Å². The van der Waals surface area contributed by atoms with Gasteiger partial charge < -0.3 is 24.6 Å². The smallest absolute Gasteiger partial charge is 0.366 e. The Balaban J connectivity index is 1.28. The fourth-order valence-corrected chi connectivity index (χ4v) is 5.65. The molecule has 0 radical (unpaired) electrons. The highest BCUT2D eigenvalue weighted by atomic mass is 35.5. The normalized spacial score (nSPS) is 14.7. The molecular weight excluding hydrogens is 611 g/mol. The van der Waals surface area contributed by atoms with Gasteiger partial charge in [0.1, 0.15) is 0 Å². The van der Waals surface area contributed by atoms with Crippen molar-refractivity contribution in [3.8, 4) is 5.88 Å². The van der Waals surface area contributed by atoms with Gasteiger partial charge >= 0.3 is 5.97 Å². The van der Waals surface area contributed by atoms with E-state index in [1.54, 1.807) is 27.7 Å². The van der Waals surface area contributed by atoms with Crippen LogP contribution in [0, 0.1) is 5.92 Å². The topological polar surface area (TPSA) is 114 Å². The van der Waals surface area contributed by atoms with Crippen molar-refractivity contribution in [2.24, 2.45) is 5.92 Å². The first-order valence-electron chi connectivity index (χ1n) is 12.6. The Hall–Kier alpha value is -3.18. The number of nitrogens with zero attached hydrogens (tertiary/aromatic N) is 3. The number of nitrogens with one attached hydrogen (secondary N) is 1. The molecule has 4 rings (SSSR count).